The molecular formula is C18H29NOS. The van der Waals surface area contributed by atoms with Gasteiger partial charge in [-0.2, -0.15) is 0 Å². The molecule has 0 aliphatic carbocycles. The highest BCUT2D eigenvalue weighted by Gasteiger charge is 2.16. The van der Waals surface area contributed by atoms with Crippen molar-refractivity contribution in [1.82, 2.24) is 0 Å². The summed E-state index contributed by atoms with van der Waals surface area (Å²) in [4.78, 5) is 2.53. The van der Waals surface area contributed by atoms with Crippen molar-refractivity contribution >= 4 is 17.4 Å². The van der Waals surface area contributed by atoms with Crippen molar-refractivity contribution in [1.29, 1.82) is 0 Å². The van der Waals surface area contributed by atoms with Gasteiger partial charge in [0.2, 0.25) is 0 Å². The van der Waals surface area contributed by atoms with Gasteiger partial charge >= 0.3 is 0 Å². The quantitative estimate of drug-likeness (QED) is 0.651. The zero-order valence-electron chi connectivity index (χ0n) is 13.5. The zero-order valence-corrected chi connectivity index (χ0v) is 14.3. The first-order valence-electron chi connectivity index (χ1n) is 8.43. The summed E-state index contributed by atoms with van der Waals surface area (Å²) < 4.78 is 5.84. The molecule has 3 heteroatoms. The third kappa shape index (κ3) is 5.23. The van der Waals surface area contributed by atoms with E-state index >= 15 is 0 Å². The monoisotopic (exact) mass is 307 g/mol. The molecular weight excluding hydrogens is 278 g/mol. The van der Waals surface area contributed by atoms with E-state index in [1.54, 1.807) is 0 Å². The Hall–Kier alpha value is -0.670. The van der Waals surface area contributed by atoms with E-state index in [0.29, 0.717) is 0 Å². The van der Waals surface area contributed by atoms with Gasteiger partial charge in [-0.3, -0.25) is 0 Å². The molecule has 0 N–H and O–H groups in total. The Morgan fingerprint density at radius 3 is 2.29 bits per heavy atom. The van der Waals surface area contributed by atoms with E-state index in [2.05, 4.69) is 43.0 Å². The van der Waals surface area contributed by atoms with Crippen molar-refractivity contribution in [3.63, 3.8) is 0 Å². The van der Waals surface area contributed by atoms with E-state index in [0.717, 1.165) is 6.61 Å². The van der Waals surface area contributed by atoms with Crippen LogP contribution in [0.25, 0.3) is 0 Å². The Labute approximate surface area is 134 Å². The molecule has 0 saturated carbocycles. The lowest BCUT2D eigenvalue weighted by Gasteiger charge is -2.26. The van der Waals surface area contributed by atoms with E-state index in [1.165, 1.54) is 62.2 Å². The molecule has 1 atom stereocenters. The molecule has 21 heavy (non-hydrogen) atoms. The van der Waals surface area contributed by atoms with Crippen LogP contribution in [0.1, 0.15) is 57.0 Å². The maximum atomic E-state index is 5.84. The highest BCUT2D eigenvalue weighted by Crippen LogP contribution is 2.34. The van der Waals surface area contributed by atoms with Crippen LogP contribution in [0, 0.1) is 0 Å². The predicted octanol–water partition coefficient (Wildman–Crippen LogP) is 5.25. The maximum absolute atomic E-state index is 5.84. The third-order valence-corrected chi connectivity index (χ3v) is 5.16. The lowest BCUT2D eigenvalue weighted by atomic mass is 10.1. The number of thioether (sulfide) groups is 1. The second kappa shape index (κ2) is 9.37. The number of anilines is 1. The lowest BCUT2D eigenvalue weighted by Crippen LogP contribution is -2.25. The number of nitrogens with zero attached hydrogens (tertiary/aromatic N) is 1. The smallest absolute Gasteiger partial charge is 0.128 e. The Morgan fingerprint density at radius 1 is 1.10 bits per heavy atom. The van der Waals surface area contributed by atoms with Gasteiger partial charge < -0.3 is 9.64 Å². The molecule has 1 unspecified atom stereocenters. The first-order valence-corrected chi connectivity index (χ1v) is 9.48. The van der Waals surface area contributed by atoms with Crippen LogP contribution in [0.5, 0.6) is 0 Å². The molecule has 1 heterocycles. The molecule has 1 aliphatic rings. The second-order valence-electron chi connectivity index (χ2n) is 5.71. The molecule has 1 fully saturated rings. The van der Waals surface area contributed by atoms with Gasteiger partial charge in [-0.05, 0) is 42.7 Å². The summed E-state index contributed by atoms with van der Waals surface area (Å²) in [6.45, 7) is 7.77. The predicted molar refractivity (Wildman–Crippen MR) is 94.2 cm³/mol. The van der Waals surface area contributed by atoms with Gasteiger partial charge in [0.15, 0.2) is 0 Å². The highest BCUT2D eigenvalue weighted by atomic mass is 32.2. The fraction of sp³-hybridized carbons (Fsp3) is 0.667. The van der Waals surface area contributed by atoms with Gasteiger partial charge in [0.1, 0.15) is 5.44 Å². The van der Waals surface area contributed by atoms with E-state index in [9.17, 15) is 0 Å². The zero-order chi connectivity index (χ0) is 14.9. The topological polar surface area (TPSA) is 12.5 Å². The molecule has 0 aromatic heterocycles. The van der Waals surface area contributed by atoms with Crippen LogP contribution in [0.3, 0.4) is 0 Å². The summed E-state index contributed by atoms with van der Waals surface area (Å²) in [5, 5.41) is 0. The number of hydrogen-bond acceptors (Lipinski definition) is 3. The molecule has 1 aromatic carbocycles. The van der Waals surface area contributed by atoms with Crippen LogP contribution < -0.4 is 4.90 Å². The van der Waals surface area contributed by atoms with Crippen LogP contribution >= 0.6 is 11.8 Å². The summed E-state index contributed by atoms with van der Waals surface area (Å²) in [5.74, 6) is 1.21. The summed E-state index contributed by atoms with van der Waals surface area (Å²) >= 11 is 1.92. The Morgan fingerprint density at radius 2 is 1.76 bits per heavy atom. The number of benzene rings is 1. The molecule has 0 bridgehead atoms. The minimum Gasteiger partial charge on any atom is -0.372 e. The van der Waals surface area contributed by atoms with E-state index in [4.69, 9.17) is 4.74 Å². The number of ether oxygens (including phenoxy) is 1. The minimum absolute atomic E-state index is 0.243. The van der Waals surface area contributed by atoms with Crippen LogP contribution in [-0.4, -0.2) is 25.4 Å². The van der Waals surface area contributed by atoms with Crippen molar-refractivity contribution in [2.45, 2.75) is 51.4 Å². The lowest BCUT2D eigenvalue weighted by molar-refractivity contribution is 0.106. The Kier molecular flexibility index (Phi) is 7.45. The summed E-state index contributed by atoms with van der Waals surface area (Å²) in [6.07, 6.45) is 6.24. The minimum atomic E-state index is 0.243. The highest BCUT2D eigenvalue weighted by molar-refractivity contribution is 7.99. The fourth-order valence-electron chi connectivity index (χ4n) is 2.59. The van der Waals surface area contributed by atoms with Crippen molar-refractivity contribution in [2.24, 2.45) is 0 Å². The largest absolute Gasteiger partial charge is 0.372 e. The van der Waals surface area contributed by atoms with Crippen LogP contribution in [-0.2, 0) is 4.74 Å². The van der Waals surface area contributed by atoms with Gasteiger partial charge in [0.05, 0.1) is 0 Å². The number of rotatable bonds is 8. The van der Waals surface area contributed by atoms with Gasteiger partial charge in [0.25, 0.3) is 0 Å². The van der Waals surface area contributed by atoms with Gasteiger partial charge in [-0.25, -0.2) is 0 Å². The Balaban J connectivity index is 1.99. The maximum Gasteiger partial charge on any atom is 0.128 e. The first-order chi connectivity index (χ1) is 10.3. The van der Waals surface area contributed by atoms with Crippen LogP contribution in [0.4, 0.5) is 5.69 Å². The van der Waals surface area contributed by atoms with Gasteiger partial charge in [-0.15, -0.1) is 11.8 Å². The van der Waals surface area contributed by atoms with E-state index in [1.807, 2.05) is 11.8 Å². The molecule has 0 radical (unpaired) electrons. The van der Waals surface area contributed by atoms with Crippen molar-refractivity contribution < 1.29 is 4.74 Å². The normalized spacial score (nSPS) is 18.7. The standard InChI is InChI=1S/C18H29NOS/c1-3-5-12-19(13-6-4-2)17-10-8-16(9-11-17)18-20-14-7-15-21-18/h8-11,18H,3-7,12-15H2,1-2H3. The molecule has 0 spiro atoms. The van der Waals surface area contributed by atoms with Crippen molar-refractivity contribution in [2.75, 3.05) is 30.3 Å². The average Bonchev–Trinajstić information content (AvgIpc) is 2.56. The van der Waals surface area contributed by atoms with Crippen LogP contribution in [0.2, 0.25) is 0 Å². The molecule has 1 aromatic rings. The second-order valence-corrected chi connectivity index (χ2v) is 6.88. The molecule has 1 saturated heterocycles. The van der Waals surface area contributed by atoms with Crippen molar-refractivity contribution in [3.05, 3.63) is 29.8 Å². The summed E-state index contributed by atoms with van der Waals surface area (Å²) in [7, 11) is 0. The third-order valence-electron chi connectivity index (χ3n) is 3.92. The van der Waals surface area contributed by atoms with E-state index < -0.39 is 0 Å². The summed E-state index contributed by atoms with van der Waals surface area (Å²) in [5.41, 5.74) is 2.92. The molecule has 2 nitrogen and oxygen atoms in total. The van der Waals surface area contributed by atoms with Crippen molar-refractivity contribution in [3.8, 4) is 0 Å². The summed E-state index contributed by atoms with van der Waals surface area (Å²) in [6, 6.07) is 9.06. The molecule has 1 aliphatic heterocycles. The molecule has 0 amide bonds. The van der Waals surface area contributed by atoms with Crippen LogP contribution in [0.15, 0.2) is 24.3 Å². The first kappa shape index (κ1) is 16.7. The fourth-order valence-corrected chi connectivity index (χ4v) is 3.63. The van der Waals surface area contributed by atoms with Gasteiger partial charge in [-0.1, -0.05) is 38.8 Å². The number of hydrogen-bond donors (Lipinski definition) is 0. The van der Waals surface area contributed by atoms with Gasteiger partial charge in [0, 0.05) is 25.4 Å². The molecule has 118 valence electrons. The average molecular weight is 308 g/mol. The number of unbranched alkanes of at least 4 members (excludes halogenated alkanes) is 2. The Bertz CT molecular complexity index is 379. The van der Waals surface area contributed by atoms with E-state index in [-0.39, 0.29) is 5.44 Å². The SMILES string of the molecule is CCCCN(CCCC)c1ccc(C2OCCCS2)cc1. The molecule has 2 rings (SSSR count).